The summed E-state index contributed by atoms with van der Waals surface area (Å²) in [5.41, 5.74) is 0. The van der Waals surface area contributed by atoms with Crippen molar-refractivity contribution in [1.29, 1.82) is 0 Å². The molecule has 0 spiro atoms. The molecule has 0 amide bonds. The highest BCUT2D eigenvalue weighted by atomic mass is 32.2. The molecule has 0 aromatic rings. The molecule has 0 bridgehead atoms. The van der Waals surface area contributed by atoms with E-state index in [4.69, 9.17) is 4.55 Å². The molecule has 1 saturated heterocycles. The van der Waals surface area contributed by atoms with Crippen LogP contribution >= 0.6 is 0 Å². The second-order valence-electron chi connectivity index (χ2n) is 5.94. The Labute approximate surface area is 114 Å². The van der Waals surface area contributed by atoms with Gasteiger partial charge in [-0.25, -0.2) is 4.21 Å². The van der Waals surface area contributed by atoms with Crippen molar-refractivity contribution in [2.24, 2.45) is 5.92 Å². The summed E-state index contributed by atoms with van der Waals surface area (Å²) in [5.74, 6) is 1.16. The molecule has 1 saturated carbocycles. The number of piperidine rings is 1. The van der Waals surface area contributed by atoms with Crippen LogP contribution < -0.4 is 0 Å². The molecule has 0 aromatic carbocycles. The molecular formula is C14H27NO2S. The summed E-state index contributed by atoms with van der Waals surface area (Å²) >= 11 is -1.60. The van der Waals surface area contributed by atoms with Gasteiger partial charge in [-0.2, -0.15) is 0 Å². The molecule has 1 heterocycles. The third-order valence-electron chi connectivity index (χ3n) is 4.67. The van der Waals surface area contributed by atoms with Crippen LogP contribution in [0.25, 0.3) is 0 Å². The van der Waals surface area contributed by atoms with E-state index < -0.39 is 11.1 Å². The van der Waals surface area contributed by atoms with E-state index in [2.05, 4.69) is 4.90 Å². The predicted molar refractivity (Wildman–Crippen MR) is 76.0 cm³/mol. The van der Waals surface area contributed by atoms with Gasteiger partial charge in [-0.1, -0.05) is 19.3 Å². The van der Waals surface area contributed by atoms with E-state index in [1.165, 1.54) is 64.5 Å². The molecule has 3 nitrogen and oxygen atoms in total. The number of rotatable bonds is 4. The Bertz CT molecular complexity index is 267. The molecule has 2 aliphatic rings. The molecule has 106 valence electrons. The molecule has 2 rings (SSSR count). The highest BCUT2D eigenvalue weighted by molar-refractivity contribution is 7.79. The maximum absolute atomic E-state index is 10.7. The summed E-state index contributed by atoms with van der Waals surface area (Å²) in [6.07, 6.45) is 11.6. The lowest BCUT2D eigenvalue weighted by atomic mass is 9.97. The van der Waals surface area contributed by atoms with Gasteiger partial charge < -0.3 is 9.45 Å². The van der Waals surface area contributed by atoms with E-state index >= 15 is 0 Å². The predicted octanol–water partition coefficient (Wildman–Crippen LogP) is 3.03. The summed E-state index contributed by atoms with van der Waals surface area (Å²) in [7, 11) is 0. The van der Waals surface area contributed by atoms with Gasteiger partial charge in [0.05, 0.1) is 0 Å². The van der Waals surface area contributed by atoms with Gasteiger partial charge in [0.2, 0.25) is 0 Å². The molecule has 3 atom stereocenters. The van der Waals surface area contributed by atoms with E-state index in [1.807, 2.05) is 0 Å². The maximum Gasteiger partial charge on any atom is 0.152 e. The average molecular weight is 273 g/mol. The fourth-order valence-corrected chi connectivity index (χ4v) is 4.10. The van der Waals surface area contributed by atoms with Gasteiger partial charge in [-0.3, -0.25) is 0 Å². The van der Waals surface area contributed by atoms with Crippen LogP contribution in [0.1, 0.15) is 57.8 Å². The zero-order valence-corrected chi connectivity index (χ0v) is 12.2. The van der Waals surface area contributed by atoms with Crippen LogP contribution in [0.15, 0.2) is 0 Å². The molecule has 4 heteroatoms. The van der Waals surface area contributed by atoms with Gasteiger partial charge in [0, 0.05) is 11.8 Å². The second kappa shape index (κ2) is 7.61. The van der Waals surface area contributed by atoms with Crippen LogP contribution in [0, 0.1) is 5.92 Å². The minimum atomic E-state index is -1.60. The third-order valence-corrected chi connectivity index (χ3v) is 5.25. The fraction of sp³-hybridized carbons (Fsp3) is 1.00. The molecule has 1 aliphatic carbocycles. The molecule has 2 fully saturated rings. The number of hydrogen-bond donors (Lipinski definition) is 1. The van der Waals surface area contributed by atoms with Gasteiger partial charge in [0.1, 0.15) is 0 Å². The van der Waals surface area contributed by atoms with Crippen LogP contribution in [0.3, 0.4) is 0 Å². The van der Waals surface area contributed by atoms with Crippen molar-refractivity contribution in [3.63, 3.8) is 0 Å². The maximum atomic E-state index is 10.7. The summed E-state index contributed by atoms with van der Waals surface area (Å²) in [6.45, 7) is 2.60. The van der Waals surface area contributed by atoms with Crippen LogP contribution in [-0.4, -0.2) is 38.5 Å². The molecular weight excluding hydrogens is 246 g/mol. The van der Waals surface area contributed by atoms with Gasteiger partial charge >= 0.3 is 0 Å². The van der Waals surface area contributed by atoms with E-state index in [1.54, 1.807) is 0 Å². The largest absolute Gasteiger partial charge is 0.306 e. The van der Waals surface area contributed by atoms with Crippen LogP contribution in [0.5, 0.6) is 0 Å². The Kier molecular flexibility index (Phi) is 6.12. The molecule has 0 radical (unpaired) electrons. The number of hydrogen-bond acceptors (Lipinski definition) is 2. The smallest absolute Gasteiger partial charge is 0.152 e. The Morgan fingerprint density at radius 1 is 1.00 bits per heavy atom. The van der Waals surface area contributed by atoms with Gasteiger partial charge in [0.25, 0.3) is 0 Å². The normalized spacial score (nSPS) is 32.9. The van der Waals surface area contributed by atoms with Crippen molar-refractivity contribution in [2.75, 3.05) is 18.8 Å². The highest BCUT2D eigenvalue weighted by Gasteiger charge is 2.24. The number of nitrogens with zero attached hydrogens (tertiary/aromatic N) is 1. The van der Waals surface area contributed by atoms with E-state index in [9.17, 15) is 4.21 Å². The Morgan fingerprint density at radius 2 is 1.78 bits per heavy atom. The van der Waals surface area contributed by atoms with Crippen molar-refractivity contribution in [2.45, 2.75) is 63.8 Å². The molecule has 1 aliphatic heterocycles. The zero-order valence-electron chi connectivity index (χ0n) is 11.4. The van der Waals surface area contributed by atoms with Crippen LogP contribution in [-0.2, 0) is 11.1 Å². The first-order valence-electron chi connectivity index (χ1n) is 7.57. The minimum Gasteiger partial charge on any atom is -0.306 e. The van der Waals surface area contributed by atoms with E-state index in [-0.39, 0.29) is 0 Å². The van der Waals surface area contributed by atoms with Crippen LogP contribution in [0.4, 0.5) is 0 Å². The van der Waals surface area contributed by atoms with E-state index in [0.717, 1.165) is 12.5 Å². The van der Waals surface area contributed by atoms with Crippen molar-refractivity contribution < 1.29 is 8.76 Å². The molecule has 1 N–H and O–H groups in total. The standard InChI is InChI=1S/C14H27NO2S/c16-18(17)12-9-13-5-4-6-14(8-7-13)15-10-2-1-3-11-15/h13-14H,1-12H2,(H,16,17). The van der Waals surface area contributed by atoms with Gasteiger partial charge in [-0.05, 0) is 57.5 Å². The van der Waals surface area contributed by atoms with Crippen LogP contribution in [0.2, 0.25) is 0 Å². The van der Waals surface area contributed by atoms with Crippen molar-refractivity contribution in [1.82, 2.24) is 4.90 Å². The first-order chi connectivity index (χ1) is 8.75. The highest BCUT2D eigenvalue weighted by Crippen LogP contribution is 2.29. The summed E-state index contributed by atoms with van der Waals surface area (Å²) in [4.78, 5) is 2.70. The monoisotopic (exact) mass is 273 g/mol. The average Bonchev–Trinajstić information content (AvgIpc) is 2.63. The zero-order chi connectivity index (χ0) is 12.8. The topological polar surface area (TPSA) is 40.5 Å². The Morgan fingerprint density at radius 3 is 2.50 bits per heavy atom. The lowest BCUT2D eigenvalue weighted by Gasteiger charge is -2.34. The first-order valence-corrected chi connectivity index (χ1v) is 8.85. The first kappa shape index (κ1) is 14.5. The lowest BCUT2D eigenvalue weighted by Crippen LogP contribution is -2.38. The fourth-order valence-electron chi connectivity index (χ4n) is 3.56. The molecule has 3 unspecified atom stereocenters. The molecule has 0 aromatic heterocycles. The van der Waals surface area contributed by atoms with E-state index in [0.29, 0.717) is 11.7 Å². The van der Waals surface area contributed by atoms with Gasteiger partial charge in [-0.15, -0.1) is 0 Å². The second-order valence-corrected chi connectivity index (χ2v) is 6.99. The minimum absolute atomic E-state index is 0.471. The quantitative estimate of drug-likeness (QED) is 0.632. The number of likely N-dealkylation sites (tertiary alicyclic amines) is 1. The van der Waals surface area contributed by atoms with Gasteiger partial charge in [0.15, 0.2) is 11.1 Å². The summed E-state index contributed by atoms with van der Waals surface area (Å²) < 4.78 is 19.6. The third kappa shape index (κ3) is 4.63. The summed E-state index contributed by atoms with van der Waals surface area (Å²) in [5, 5.41) is 0. The Balaban J connectivity index is 1.75. The Hall–Kier alpha value is 0.0700. The lowest BCUT2D eigenvalue weighted by molar-refractivity contribution is 0.148. The summed E-state index contributed by atoms with van der Waals surface area (Å²) in [6, 6.07) is 0.801. The van der Waals surface area contributed by atoms with Crippen molar-refractivity contribution in [3.8, 4) is 0 Å². The van der Waals surface area contributed by atoms with Crippen molar-refractivity contribution >= 4 is 11.1 Å². The SMILES string of the molecule is O=S(O)CCC1CCCC(N2CCCCC2)CC1. The molecule has 18 heavy (non-hydrogen) atoms. The van der Waals surface area contributed by atoms with Crippen molar-refractivity contribution in [3.05, 3.63) is 0 Å².